The highest BCUT2D eigenvalue weighted by Gasteiger charge is 2.05. The van der Waals surface area contributed by atoms with Gasteiger partial charge in [0, 0.05) is 30.9 Å². The van der Waals surface area contributed by atoms with Crippen molar-refractivity contribution in [3.8, 4) is 0 Å². The van der Waals surface area contributed by atoms with Crippen molar-refractivity contribution < 1.29 is 0 Å². The Morgan fingerprint density at radius 1 is 1.11 bits per heavy atom. The lowest BCUT2D eigenvalue weighted by Crippen LogP contribution is -2.21. The van der Waals surface area contributed by atoms with Gasteiger partial charge in [0.25, 0.3) is 0 Å². The lowest BCUT2D eigenvalue weighted by atomic mass is 9.99. The number of imidazole rings is 1. The van der Waals surface area contributed by atoms with Crippen LogP contribution in [0.15, 0.2) is 36.8 Å². The number of H-pyrrole nitrogens is 1. The van der Waals surface area contributed by atoms with Crippen molar-refractivity contribution in [2.24, 2.45) is 0 Å². The monoisotopic (exact) mass is 257 g/mol. The van der Waals surface area contributed by atoms with Crippen LogP contribution in [-0.4, -0.2) is 16.5 Å². The van der Waals surface area contributed by atoms with Gasteiger partial charge in [-0.15, -0.1) is 0 Å². The highest BCUT2D eigenvalue weighted by molar-refractivity contribution is 5.26. The quantitative estimate of drug-likeness (QED) is 0.832. The number of hydrogen-bond donors (Lipinski definition) is 2. The third-order valence-corrected chi connectivity index (χ3v) is 3.50. The van der Waals surface area contributed by atoms with E-state index < -0.39 is 0 Å². The first-order chi connectivity index (χ1) is 9.16. The Hall–Kier alpha value is -1.61. The molecular formula is C16H23N3. The molecule has 2 aromatic rings. The first kappa shape index (κ1) is 13.8. The summed E-state index contributed by atoms with van der Waals surface area (Å²) in [5.41, 5.74) is 3.91. The van der Waals surface area contributed by atoms with Gasteiger partial charge in [0.15, 0.2) is 0 Å². The molecule has 0 fully saturated rings. The minimum atomic E-state index is 0.379. The fourth-order valence-electron chi connectivity index (χ4n) is 2.13. The van der Waals surface area contributed by atoms with Crippen LogP contribution >= 0.6 is 0 Å². The zero-order valence-electron chi connectivity index (χ0n) is 12.0. The lowest BCUT2D eigenvalue weighted by molar-refractivity contribution is 0.574. The summed E-state index contributed by atoms with van der Waals surface area (Å²) in [6.07, 6.45) is 4.58. The molecule has 0 aliphatic heterocycles. The van der Waals surface area contributed by atoms with Crippen LogP contribution in [0.2, 0.25) is 0 Å². The molecule has 3 nitrogen and oxygen atoms in total. The Balaban J connectivity index is 1.83. The largest absolute Gasteiger partial charge is 0.348 e. The minimum absolute atomic E-state index is 0.379. The smallest absolute Gasteiger partial charge is 0.0921 e. The van der Waals surface area contributed by atoms with E-state index in [-0.39, 0.29) is 0 Å². The Kier molecular flexibility index (Phi) is 4.74. The van der Waals surface area contributed by atoms with E-state index >= 15 is 0 Å². The molecule has 2 rings (SSSR count). The first-order valence-electron chi connectivity index (χ1n) is 6.97. The topological polar surface area (TPSA) is 40.7 Å². The normalized spacial score (nSPS) is 12.8. The van der Waals surface area contributed by atoms with Gasteiger partial charge >= 0.3 is 0 Å². The molecule has 1 heterocycles. The maximum atomic E-state index is 4.02. The van der Waals surface area contributed by atoms with Crippen LogP contribution in [-0.2, 0) is 6.42 Å². The average Bonchev–Trinajstić information content (AvgIpc) is 2.92. The fourth-order valence-corrected chi connectivity index (χ4v) is 2.13. The predicted molar refractivity (Wildman–Crippen MR) is 79.2 cm³/mol. The van der Waals surface area contributed by atoms with E-state index in [0.29, 0.717) is 12.0 Å². The van der Waals surface area contributed by atoms with E-state index in [1.54, 1.807) is 6.33 Å². The Labute approximate surface area is 115 Å². The third-order valence-electron chi connectivity index (χ3n) is 3.50. The van der Waals surface area contributed by atoms with Crippen molar-refractivity contribution in [1.82, 2.24) is 15.3 Å². The van der Waals surface area contributed by atoms with Gasteiger partial charge < -0.3 is 10.3 Å². The zero-order valence-corrected chi connectivity index (χ0v) is 12.0. The number of nitrogens with zero attached hydrogens (tertiary/aromatic N) is 1. The summed E-state index contributed by atoms with van der Waals surface area (Å²) in [5, 5.41) is 3.54. The molecule has 19 heavy (non-hydrogen) atoms. The van der Waals surface area contributed by atoms with E-state index in [0.717, 1.165) is 13.0 Å². The molecule has 1 atom stereocenters. The fraction of sp³-hybridized carbons (Fsp3) is 0.438. The van der Waals surface area contributed by atoms with E-state index in [1.807, 2.05) is 6.20 Å². The van der Waals surface area contributed by atoms with Crippen LogP contribution in [0, 0.1) is 0 Å². The van der Waals surface area contributed by atoms with Gasteiger partial charge in [-0.1, -0.05) is 38.1 Å². The summed E-state index contributed by atoms with van der Waals surface area (Å²) in [6.45, 7) is 7.61. The standard InChI is InChI=1S/C16H23N3/c1-12(2)14-4-6-15(7-5-14)13(3)18-9-8-16-10-17-11-19-16/h4-7,10-13,18H,8-9H2,1-3H3,(H,17,19). The number of rotatable bonds is 6. The number of benzene rings is 1. The second-order valence-electron chi connectivity index (χ2n) is 5.32. The molecule has 1 aromatic carbocycles. The van der Waals surface area contributed by atoms with E-state index in [2.05, 4.69) is 60.3 Å². The third kappa shape index (κ3) is 3.93. The average molecular weight is 257 g/mol. The second kappa shape index (κ2) is 6.53. The van der Waals surface area contributed by atoms with Crippen LogP contribution in [0.1, 0.15) is 49.6 Å². The van der Waals surface area contributed by atoms with Gasteiger partial charge in [-0.2, -0.15) is 0 Å². The van der Waals surface area contributed by atoms with Gasteiger partial charge in [-0.25, -0.2) is 4.98 Å². The molecule has 1 aromatic heterocycles. The van der Waals surface area contributed by atoms with Gasteiger partial charge in [0.05, 0.1) is 6.33 Å². The molecule has 1 unspecified atom stereocenters. The molecule has 102 valence electrons. The molecule has 0 amide bonds. The van der Waals surface area contributed by atoms with Gasteiger partial charge in [-0.05, 0) is 24.0 Å². The van der Waals surface area contributed by atoms with Crippen molar-refractivity contribution in [3.63, 3.8) is 0 Å². The minimum Gasteiger partial charge on any atom is -0.348 e. The number of nitrogens with one attached hydrogen (secondary N) is 2. The maximum Gasteiger partial charge on any atom is 0.0921 e. The van der Waals surface area contributed by atoms with Gasteiger partial charge in [0.1, 0.15) is 0 Å². The van der Waals surface area contributed by atoms with Crippen molar-refractivity contribution in [2.75, 3.05) is 6.54 Å². The molecule has 0 spiro atoms. The van der Waals surface area contributed by atoms with Crippen molar-refractivity contribution >= 4 is 0 Å². The second-order valence-corrected chi connectivity index (χ2v) is 5.32. The lowest BCUT2D eigenvalue weighted by Gasteiger charge is -2.15. The highest BCUT2D eigenvalue weighted by atomic mass is 14.9. The summed E-state index contributed by atoms with van der Waals surface area (Å²) in [7, 11) is 0. The summed E-state index contributed by atoms with van der Waals surface area (Å²) < 4.78 is 0. The van der Waals surface area contributed by atoms with Crippen LogP contribution in [0.5, 0.6) is 0 Å². The van der Waals surface area contributed by atoms with Crippen LogP contribution in [0.4, 0.5) is 0 Å². The summed E-state index contributed by atoms with van der Waals surface area (Å²) in [5.74, 6) is 0.595. The molecule has 2 N–H and O–H groups in total. The first-order valence-corrected chi connectivity index (χ1v) is 6.97. The zero-order chi connectivity index (χ0) is 13.7. The Morgan fingerprint density at radius 3 is 2.37 bits per heavy atom. The van der Waals surface area contributed by atoms with Crippen LogP contribution < -0.4 is 5.32 Å². The summed E-state index contributed by atoms with van der Waals surface area (Å²) in [4.78, 5) is 7.14. The Morgan fingerprint density at radius 2 is 1.79 bits per heavy atom. The van der Waals surface area contributed by atoms with E-state index in [4.69, 9.17) is 0 Å². The maximum absolute atomic E-state index is 4.02. The van der Waals surface area contributed by atoms with Crippen molar-refractivity contribution in [3.05, 3.63) is 53.6 Å². The van der Waals surface area contributed by atoms with Crippen LogP contribution in [0.25, 0.3) is 0 Å². The molecule has 0 bridgehead atoms. The van der Waals surface area contributed by atoms with Gasteiger partial charge in [0.2, 0.25) is 0 Å². The summed E-state index contributed by atoms with van der Waals surface area (Å²) >= 11 is 0. The van der Waals surface area contributed by atoms with Crippen molar-refractivity contribution in [2.45, 2.75) is 39.2 Å². The molecule has 3 heteroatoms. The number of hydrogen-bond acceptors (Lipinski definition) is 2. The van der Waals surface area contributed by atoms with Gasteiger partial charge in [-0.3, -0.25) is 0 Å². The van der Waals surface area contributed by atoms with E-state index in [1.165, 1.54) is 16.8 Å². The SMILES string of the molecule is CC(C)c1ccc(C(C)NCCc2cnc[nH]2)cc1. The molecule has 0 aliphatic rings. The molecule has 0 radical (unpaired) electrons. The van der Waals surface area contributed by atoms with Crippen molar-refractivity contribution in [1.29, 1.82) is 0 Å². The number of aromatic amines is 1. The molecule has 0 saturated heterocycles. The molecular weight excluding hydrogens is 234 g/mol. The number of aromatic nitrogens is 2. The summed E-state index contributed by atoms with van der Waals surface area (Å²) in [6, 6.07) is 9.29. The highest BCUT2D eigenvalue weighted by Crippen LogP contribution is 2.18. The van der Waals surface area contributed by atoms with Crippen LogP contribution in [0.3, 0.4) is 0 Å². The van der Waals surface area contributed by atoms with E-state index in [9.17, 15) is 0 Å². The predicted octanol–water partition coefficient (Wildman–Crippen LogP) is 3.43. The Bertz CT molecular complexity index is 471. The molecule has 0 aliphatic carbocycles. The molecule has 0 saturated carbocycles.